The molecule has 21 heavy (non-hydrogen) atoms. The van der Waals surface area contributed by atoms with Crippen LogP contribution < -0.4 is 4.90 Å². The Morgan fingerprint density at radius 1 is 1.33 bits per heavy atom. The number of rotatable bonds is 6. The minimum absolute atomic E-state index is 0.0345. The van der Waals surface area contributed by atoms with Crippen molar-refractivity contribution >= 4 is 21.6 Å². The first-order chi connectivity index (χ1) is 9.93. The topological polar surface area (TPSA) is 90.3 Å². The van der Waals surface area contributed by atoms with Gasteiger partial charge in [-0.2, -0.15) is 0 Å². The summed E-state index contributed by atoms with van der Waals surface area (Å²) >= 11 is 1.17. The van der Waals surface area contributed by atoms with E-state index in [2.05, 4.69) is 9.79 Å². The molecule has 1 aromatic carbocycles. The highest BCUT2D eigenvalue weighted by atomic mass is 32.2. The summed E-state index contributed by atoms with van der Waals surface area (Å²) in [5, 5.41) is 14.8. The lowest BCUT2D eigenvalue weighted by Gasteiger charge is -2.06. The Morgan fingerprint density at radius 3 is 2.62 bits per heavy atom. The molecule has 0 atom stereocenters. The lowest BCUT2D eigenvalue weighted by Crippen LogP contribution is -2.31. The van der Waals surface area contributed by atoms with E-state index in [0.29, 0.717) is 5.75 Å². The smallest absolute Gasteiger partial charge is 0.327 e. The van der Waals surface area contributed by atoms with Gasteiger partial charge >= 0.3 is 5.03 Å². The van der Waals surface area contributed by atoms with E-state index in [1.165, 1.54) is 23.9 Å². The van der Waals surface area contributed by atoms with E-state index in [0.717, 1.165) is 6.54 Å². The third-order valence-corrected chi connectivity index (χ3v) is 5.43. The zero-order valence-corrected chi connectivity index (χ0v) is 13.2. The molecule has 1 heterocycles. The van der Waals surface area contributed by atoms with Gasteiger partial charge in [0.15, 0.2) is 0 Å². The van der Waals surface area contributed by atoms with E-state index in [-0.39, 0.29) is 14.8 Å². The number of aromatic nitrogens is 2. The highest BCUT2D eigenvalue weighted by molar-refractivity contribution is 8.00. The Labute approximate surface area is 127 Å². The average Bonchev–Trinajstić information content (AvgIpc) is 2.81. The van der Waals surface area contributed by atoms with Gasteiger partial charge in [0.25, 0.3) is 14.9 Å². The molecule has 0 amide bonds. The van der Waals surface area contributed by atoms with Crippen LogP contribution in [0.3, 0.4) is 0 Å². The van der Waals surface area contributed by atoms with Crippen molar-refractivity contribution in [2.75, 3.05) is 26.4 Å². The SMILES string of the molecule is CN(C)CCSc1no[n+]([O-])c1S(=O)(=O)c1ccccc1. The number of thioether (sulfide) groups is 1. The molecular weight excluding hydrogens is 314 g/mol. The molecule has 0 aliphatic heterocycles. The van der Waals surface area contributed by atoms with E-state index in [9.17, 15) is 13.6 Å². The van der Waals surface area contributed by atoms with E-state index in [1.807, 2.05) is 19.0 Å². The van der Waals surface area contributed by atoms with E-state index in [1.54, 1.807) is 18.2 Å². The van der Waals surface area contributed by atoms with Gasteiger partial charge in [-0.05, 0) is 31.1 Å². The third kappa shape index (κ3) is 3.55. The van der Waals surface area contributed by atoms with Crippen molar-refractivity contribution in [2.24, 2.45) is 0 Å². The number of nitrogens with zero attached hydrogens (tertiary/aromatic N) is 3. The van der Waals surface area contributed by atoms with Crippen LogP contribution in [0.2, 0.25) is 0 Å². The molecular formula is C12H15N3O4S2. The van der Waals surface area contributed by atoms with Crippen molar-refractivity contribution in [3.05, 3.63) is 35.5 Å². The molecule has 0 fully saturated rings. The van der Waals surface area contributed by atoms with E-state index >= 15 is 0 Å². The first-order valence-corrected chi connectivity index (χ1v) is 8.57. The molecule has 2 rings (SSSR count). The molecule has 0 saturated heterocycles. The fraction of sp³-hybridized carbons (Fsp3) is 0.333. The van der Waals surface area contributed by atoms with Crippen molar-refractivity contribution in [3.63, 3.8) is 0 Å². The molecule has 9 heteroatoms. The van der Waals surface area contributed by atoms with Crippen LogP contribution in [0.5, 0.6) is 0 Å². The standard InChI is InChI=1S/C12H15N3O4S2/c1-14(2)8-9-20-11-12(15(16)19-13-11)21(17,18)10-6-4-3-5-7-10/h3-7H,8-9H2,1-2H3. The molecule has 1 aromatic heterocycles. The van der Waals surface area contributed by atoms with Crippen LogP contribution in [-0.4, -0.2) is 44.9 Å². The predicted octanol–water partition coefficient (Wildman–Crippen LogP) is 0.794. The molecule has 0 saturated carbocycles. The monoisotopic (exact) mass is 329 g/mol. The van der Waals surface area contributed by atoms with Gasteiger partial charge in [0.05, 0.1) is 10.1 Å². The molecule has 0 spiro atoms. The number of sulfone groups is 1. The number of benzene rings is 1. The highest BCUT2D eigenvalue weighted by Gasteiger charge is 2.34. The van der Waals surface area contributed by atoms with E-state index in [4.69, 9.17) is 0 Å². The van der Waals surface area contributed by atoms with Gasteiger partial charge < -0.3 is 10.1 Å². The second-order valence-electron chi connectivity index (χ2n) is 4.51. The Morgan fingerprint density at radius 2 is 2.00 bits per heavy atom. The molecule has 0 aliphatic carbocycles. The molecule has 0 N–H and O–H groups in total. The minimum Gasteiger partial charge on any atom is -0.358 e. The Balaban J connectivity index is 2.33. The Hall–Kier alpha value is -1.58. The van der Waals surface area contributed by atoms with Gasteiger partial charge in [0.1, 0.15) is 0 Å². The summed E-state index contributed by atoms with van der Waals surface area (Å²) in [5.41, 5.74) is 0. The lowest BCUT2D eigenvalue weighted by molar-refractivity contribution is -0.832. The van der Waals surface area contributed by atoms with Gasteiger partial charge in [-0.3, -0.25) is 4.63 Å². The van der Waals surface area contributed by atoms with E-state index < -0.39 is 14.9 Å². The van der Waals surface area contributed by atoms with Crippen molar-refractivity contribution < 1.29 is 17.9 Å². The molecule has 0 radical (unpaired) electrons. The Kier molecular flexibility index (Phi) is 4.86. The van der Waals surface area contributed by atoms with Crippen LogP contribution in [0, 0.1) is 5.21 Å². The van der Waals surface area contributed by atoms with Crippen LogP contribution in [0.15, 0.2) is 49.9 Å². The summed E-state index contributed by atoms with van der Waals surface area (Å²) in [6.45, 7) is 0.723. The number of hydrogen-bond donors (Lipinski definition) is 0. The Bertz CT molecular complexity index is 699. The zero-order chi connectivity index (χ0) is 15.5. The maximum Gasteiger partial charge on any atom is 0.327 e. The highest BCUT2D eigenvalue weighted by Crippen LogP contribution is 2.26. The second-order valence-corrected chi connectivity index (χ2v) is 7.46. The van der Waals surface area contributed by atoms with Gasteiger partial charge in [0, 0.05) is 12.3 Å². The summed E-state index contributed by atoms with van der Waals surface area (Å²) in [6.07, 6.45) is 0. The van der Waals surface area contributed by atoms with Crippen LogP contribution >= 0.6 is 11.8 Å². The zero-order valence-electron chi connectivity index (χ0n) is 11.6. The van der Waals surface area contributed by atoms with Gasteiger partial charge in [0.2, 0.25) is 0 Å². The summed E-state index contributed by atoms with van der Waals surface area (Å²) < 4.78 is 29.4. The van der Waals surface area contributed by atoms with Crippen LogP contribution in [0.1, 0.15) is 0 Å². The summed E-state index contributed by atoms with van der Waals surface area (Å²) in [5.74, 6) is 0.594. The largest absolute Gasteiger partial charge is 0.358 e. The van der Waals surface area contributed by atoms with Crippen molar-refractivity contribution in [3.8, 4) is 0 Å². The van der Waals surface area contributed by atoms with Crippen molar-refractivity contribution in [1.82, 2.24) is 10.1 Å². The molecule has 114 valence electrons. The minimum atomic E-state index is -3.95. The molecule has 2 aromatic rings. The fourth-order valence-electron chi connectivity index (χ4n) is 1.57. The van der Waals surface area contributed by atoms with Gasteiger partial charge in [-0.15, -0.1) is 0 Å². The van der Waals surface area contributed by atoms with Gasteiger partial charge in [-0.1, -0.05) is 30.0 Å². The van der Waals surface area contributed by atoms with Crippen LogP contribution in [0.25, 0.3) is 0 Å². The van der Waals surface area contributed by atoms with Gasteiger partial charge in [-0.25, -0.2) is 8.42 Å². The molecule has 7 nitrogen and oxygen atoms in total. The maximum atomic E-state index is 12.5. The van der Waals surface area contributed by atoms with Crippen molar-refractivity contribution in [2.45, 2.75) is 14.9 Å². The maximum absolute atomic E-state index is 12.5. The molecule has 0 aliphatic rings. The molecule has 0 bridgehead atoms. The summed E-state index contributed by atoms with van der Waals surface area (Å²) in [6, 6.07) is 7.74. The lowest BCUT2D eigenvalue weighted by atomic mass is 10.4. The quantitative estimate of drug-likeness (QED) is 0.572. The first kappa shape index (κ1) is 15.8. The average molecular weight is 329 g/mol. The second kappa shape index (κ2) is 6.46. The summed E-state index contributed by atoms with van der Waals surface area (Å²) in [4.78, 5) is 1.93. The van der Waals surface area contributed by atoms with Crippen LogP contribution in [0.4, 0.5) is 0 Å². The normalized spacial score (nSPS) is 12.0. The summed E-state index contributed by atoms with van der Waals surface area (Å²) in [7, 11) is -0.145. The fourth-order valence-corrected chi connectivity index (χ4v) is 4.24. The third-order valence-electron chi connectivity index (χ3n) is 2.63. The van der Waals surface area contributed by atoms with Crippen LogP contribution in [-0.2, 0) is 9.84 Å². The number of hydrogen-bond acceptors (Lipinski definition) is 7. The molecule has 0 unspecified atom stereocenters. The first-order valence-electron chi connectivity index (χ1n) is 6.10. The van der Waals surface area contributed by atoms with Crippen molar-refractivity contribution in [1.29, 1.82) is 0 Å². The predicted molar refractivity (Wildman–Crippen MR) is 76.6 cm³/mol.